The summed E-state index contributed by atoms with van der Waals surface area (Å²) in [5.41, 5.74) is -1.36. The van der Waals surface area contributed by atoms with E-state index in [-0.39, 0.29) is 5.56 Å². The Morgan fingerprint density at radius 3 is 1.93 bits per heavy atom. The van der Waals surface area contributed by atoms with Gasteiger partial charge in [0.25, 0.3) is 0 Å². The van der Waals surface area contributed by atoms with Crippen LogP contribution in [0.3, 0.4) is 0 Å². The number of rotatable bonds is 1. The van der Waals surface area contributed by atoms with Crippen LogP contribution in [0.15, 0.2) is 36.2 Å². The lowest BCUT2D eigenvalue weighted by Crippen LogP contribution is -2.11. The minimum absolute atomic E-state index is 0.153. The number of benzene rings is 1. The van der Waals surface area contributed by atoms with E-state index in [1.807, 2.05) is 0 Å². The van der Waals surface area contributed by atoms with Gasteiger partial charge < -0.3 is 0 Å². The Morgan fingerprint density at radius 1 is 1.07 bits per heavy atom. The Bertz CT molecular complexity index is 331. The highest BCUT2D eigenvalue weighted by atomic mass is 19.4. The van der Waals surface area contributed by atoms with Crippen molar-refractivity contribution in [3.8, 4) is 0 Å². The van der Waals surface area contributed by atoms with Gasteiger partial charge in [0.1, 0.15) is 5.83 Å². The summed E-state index contributed by atoms with van der Waals surface area (Å²) in [4.78, 5) is 0. The summed E-state index contributed by atoms with van der Waals surface area (Å²) in [5.74, 6) is -1.22. The Hall–Kier alpha value is -1.32. The summed E-state index contributed by atoms with van der Waals surface area (Å²) in [6.07, 6.45) is -4.65. The first-order valence-electron chi connectivity index (χ1n) is 3.92. The van der Waals surface area contributed by atoms with Gasteiger partial charge in [0, 0.05) is 0 Å². The van der Waals surface area contributed by atoms with Crippen molar-refractivity contribution in [2.24, 2.45) is 0 Å². The lowest BCUT2D eigenvalue weighted by atomic mass is 10.1. The predicted octanol–water partition coefficient (Wildman–Crippen LogP) is 3.95. The van der Waals surface area contributed by atoms with Crippen molar-refractivity contribution < 1.29 is 17.6 Å². The van der Waals surface area contributed by atoms with Crippen LogP contribution in [0.1, 0.15) is 12.5 Å². The summed E-state index contributed by atoms with van der Waals surface area (Å²) in [6, 6.07) is 6.90. The fourth-order valence-electron chi connectivity index (χ4n) is 1.16. The Balaban J connectivity index is 3.24. The van der Waals surface area contributed by atoms with Crippen LogP contribution in [0.4, 0.5) is 17.6 Å². The second-order valence-electron chi connectivity index (χ2n) is 2.77. The normalized spacial score (nSPS) is 13.8. The highest BCUT2D eigenvalue weighted by molar-refractivity contribution is 5.70. The molecule has 0 fully saturated rings. The standard InChI is InChI=1S/C10H8F4/c1-7(11)9(10(12,13)14)8-5-3-2-4-6-8/h2-6H,1H3/b9-7+. The van der Waals surface area contributed by atoms with Crippen molar-refractivity contribution in [3.05, 3.63) is 41.7 Å². The van der Waals surface area contributed by atoms with Gasteiger partial charge in [-0.1, -0.05) is 30.3 Å². The van der Waals surface area contributed by atoms with Crippen molar-refractivity contribution in [2.75, 3.05) is 0 Å². The fraction of sp³-hybridized carbons (Fsp3) is 0.200. The maximum absolute atomic E-state index is 12.7. The Kier molecular flexibility index (Phi) is 2.93. The molecule has 0 aliphatic carbocycles. The second kappa shape index (κ2) is 3.82. The van der Waals surface area contributed by atoms with E-state index in [0.717, 1.165) is 6.92 Å². The molecule has 0 aliphatic heterocycles. The van der Waals surface area contributed by atoms with Crippen molar-refractivity contribution in [2.45, 2.75) is 13.1 Å². The predicted molar refractivity (Wildman–Crippen MR) is 46.2 cm³/mol. The monoisotopic (exact) mass is 204 g/mol. The van der Waals surface area contributed by atoms with E-state index in [4.69, 9.17) is 0 Å². The molecule has 0 aromatic heterocycles. The first kappa shape index (κ1) is 10.8. The van der Waals surface area contributed by atoms with Crippen LogP contribution in [0.2, 0.25) is 0 Å². The molecule has 1 rings (SSSR count). The van der Waals surface area contributed by atoms with Crippen molar-refractivity contribution in [1.82, 2.24) is 0 Å². The van der Waals surface area contributed by atoms with E-state index in [0.29, 0.717) is 0 Å². The van der Waals surface area contributed by atoms with E-state index < -0.39 is 17.6 Å². The molecule has 1 aromatic rings. The Labute approximate surface area is 78.9 Å². The summed E-state index contributed by atoms with van der Waals surface area (Å²) in [7, 11) is 0. The van der Waals surface area contributed by atoms with Crippen molar-refractivity contribution in [3.63, 3.8) is 0 Å². The molecule has 0 aliphatic rings. The zero-order valence-electron chi connectivity index (χ0n) is 7.40. The van der Waals surface area contributed by atoms with Gasteiger partial charge in [-0.2, -0.15) is 13.2 Å². The number of hydrogen-bond acceptors (Lipinski definition) is 0. The summed E-state index contributed by atoms with van der Waals surface area (Å²) < 4.78 is 49.8. The van der Waals surface area contributed by atoms with Gasteiger partial charge in [-0.05, 0) is 12.5 Å². The molecular formula is C10H8F4. The van der Waals surface area contributed by atoms with Gasteiger partial charge in [0.2, 0.25) is 0 Å². The van der Waals surface area contributed by atoms with Gasteiger partial charge >= 0.3 is 6.18 Å². The number of halogens is 4. The molecule has 0 N–H and O–H groups in total. The average Bonchev–Trinajstić information content (AvgIpc) is 2.02. The molecule has 0 bridgehead atoms. The first-order chi connectivity index (χ1) is 6.43. The summed E-state index contributed by atoms with van der Waals surface area (Å²) >= 11 is 0. The largest absolute Gasteiger partial charge is 0.419 e. The lowest BCUT2D eigenvalue weighted by molar-refractivity contribution is -0.0700. The minimum Gasteiger partial charge on any atom is -0.211 e. The highest BCUT2D eigenvalue weighted by Crippen LogP contribution is 2.36. The molecule has 0 saturated carbocycles. The lowest BCUT2D eigenvalue weighted by Gasteiger charge is -2.11. The molecule has 1 aromatic carbocycles. The molecule has 0 unspecified atom stereocenters. The van der Waals surface area contributed by atoms with E-state index in [9.17, 15) is 17.6 Å². The quantitative estimate of drug-likeness (QED) is 0.607. The van der Waals surface area contributed by atoms with Crippen LogP contribution in [-0.4, -0.2) is 6.18 Å². The van der Waals surface area contributed by atoms with Crippen LogP contribution in [0, 0.1) is 0 Å². The molecule has 0 radical (unpaired) electrons. The van der Waals surface area contributed by atoms with Crippen LogP contribution in [0.5, 0.6) is 0 Å². The maximum atomic E-state index is 12.7. The third kappa shape index (κ3) is 2.34. The molecule has 0 atom stereocenters. The van der Waals surface area contributed by atoms with Crippen LogP contribution in [0.25, 0.3) is 5.57 Å². The van der Waals surface area contributed by atoms with Gasteiger partial charge in [-0.25, -0.2) is 4.39 Å². The third-order valence-corrected chi connectivity index (χ3v) is 1.69. The maximum Gasteiger partial charge on any atom is 0.419 e. The number of allylic oxidation sites excluding steroid dienone is 2. The van der Waals surface area contributed by atoms with Crippen LogP contribution >= 0.6 is 0 Å². The van der Waals surface area contributed by atoms with Crippen LogP contribution < -0.4 is 0 Å². The topological polar surface area (TPSA) is 0 Å². The second-order valence-corrected chi connectivity index (χ2v) is 2.77. The Morgan fingerprint density at radius 2 is 1.57 bits per heavy atom. The summed E-state index contributed by atoms with van der Waals surface area (Å²) in [5, 5.41) is 0. The summed E-state index contributed by atoms with van der Waals surface area (Å²) in [6.45, 7) is 0.801. The van der Waals surface area contributed by atoms with E-state index in [1.165, 1.54) is 24.3 Å². The zero-order chi connectivity index (χ0) is 10.8. The van der Waals surface area contributed by atoms with Crippen LogP contribution in [-0.2, 0) is 0 Å². The smallest absolute Gasteiger partial charge is 0.211 e. The molecule has 4 heteroatoms. The van der Waals surface area contributed by atoms with E-state index in [1.54, 1.807) is 6.07 Å². The van der Waals surface area contributed by atoms with Crippen molar-refractivity contribution in [1.29, 1.82) is 0 Å². The SMILES string of the molecule is C/C(F)=C(/c1ccccc1)C(F)(F)F. The molecular weight excluding hydrogens is 196 g/mol. The fourth-order valence-corrected chi connectivity index (χ4v) is 1.16. The van der Waals surface area contributed by atoms with Gasteiger partial charge in [-0.15, -0.1) is 0 Å². The highest BCUT2D eigenvalue weighted by Gasteiger charge is 2.36. The number of hydrogen-bond donors (Lipinski definition) is 0. The molecule has 0 amide bonds. The van der Waals surface area contributed by atoms with Gasteiger partial charge in [-0.3, -0.25) is 0 Å². The third-order valence-electron chi connectivity index (χ3n) is 1.69. The number of alkyl halides is 3. The molecule has 76 valence electrons. The molecule has 14 heavy (non-hydrogen) atoms. The van der Waals surface area contributed by atoms with E-state index in [2.05, 4.69) is 0 Å². The molecule has 0 nitrogen and oxygen atoms in total. The minimum atomic E-state index is -4.65. The zero-order valence-corrected chi connectivity index (χ0v) is 7.40. The van der Waals surface area contributed by atoms with Gasteiger partial charge in [0.15, 0.2) is 0 Å². The molecule has 0 heterocycles. The van der Waals surface area contributed by atoms with Crippen molar-refractivity contribution >= 4 is 5.57 Å². The van der Waals surface area contributed by atoms with Gasteiger partial charge in [0.05, 0.1) is 5.57 Å². The molecule has 0 saturated heterocycles. The van der Waals surface area contributed by atoms with E-state index >= 15 is 0 Å². The average molecular weight is 204 g/mol. The molecule has 0 spiro atoms. The first-order valence-corrected chi connectivity index (χ1v) is 3.92.